The van der Waals surface area contributed by atoms with E-state index in [0.717, 1.165) is 5.69 Å². The molecule has 0 atom stereocenters. The Labute approximate surface area is 115 Å². The lowest BCUT2D eigenvalue weighted by Crippen LogP contribution is -2.01. The molecule has 0 fully saturated rings. The Morgan fingerprint density at radius 3 is 2.70 bits per heavy atom. The number of oxazole rings is 1. The molecule has 0 aliphatic carbocycles. The van der Waals surface area contributed by atoms with Gasteiger partial charge in [0.05, 0.1) is 12.7 Å². The maximum absolute atomic E-state index is 11.7. The molecule has 0 spiro atoms. The second kappa shape index (κ2) is 5.05. The molecule has 100 valence electrons. The molecule has 1 aromatic heterocycles. The normalized spacial score (nSPS) is 10.4. The number of hydrogen-bond donors (Lipinski definition) is 1. The van der Waals surface area contributed by atoms with Crippen LogP contribution in [0.25, 0.3) is 11.1 Å². The third-order valence-corrected chi connectivity index (χ3v) is 2.85. The Kier molecular flexibility index (Phi) is 3.09. The summed E-state index contributed by atoms with van der Waals surface area (Å²) >= 11 is 0. The van der Waals surface area contributed by atoms with Gasteiger partial charge in [-0.15, -0.1) is 0 Å². The monoisotopic (exact) mass is 268 g/mol. The number of para-hydroxylation sites is 2. The minimum absolute atomic E-state index is 0.336. The van der Waals surface area contributed by atoms with Gasteiger partial charge in [0, 0.05) is 5.69 Å². The maximum Gasteiger partial charge on any atom is 0.340 e. The lowest BCUT2D eigenvalue weighted by atomic mass is 10.2. The topological polar surface area (TPSA) is 64.4 Å². The van der Waals surface area contributed by atoms with Crippen molar-refractivity contribution >= 4 is 28.8 Å². The number of carbonyl (C=O) groups is 1. The standard InChI is InChI=1S/C15H12N2O3/c1-19-14(18)11-8-5-9-12-13(11)17-15(20-12)16-10-6-3-2-4-7-10/h2-9H,1H3,(H,16,17). The highest BCUT2D eigenvalue weighted by Crippen LogP contribution is 2.24. The smallest absolute Gasteiger partial charge is 0.340 e. The van der Waals surface area contributed by atoms with Crippen LogP contribution in [0.3, 0.4) is 0 Å². The number of benzene rings is 2. The molecule has 5 heteroatoms. The van der Waals surface area contributed by atoms with Gasteiger partial charge in [0.15, 0.2) is 5.58 Å². The van der Waals surface area contributed by atoms with Gasteiger partial charge in [-0.05, 0) is 24.3 Å². The van der Waals surface area contributed by atoms with Gasteiger partial charge in [-0.3, -0.25) is 0 Å². The van der Waals surface area contributed by atoms with E-state index in [-0.39, 0.29) is 0 Å². The van der Waals surface area contributed by atoms with Crippen LogP contribution in [-0.4, -0.2) is 18.1 Å². The first-order valence-corrected chi connectivity index (χ1v) is 6.08. The van der Waals surface area contributed by atoms with Gasteiger partial charge < -0.3 is 14.5 Å². The highest BCUT2D eigenvalue weighted by atomic mass is 16.5. The minimum Gasteiger partial charge on any atom is -0.465 e. The number of methoxy groups -OCH3 is 1. The van der Waals surface area contributed by atoms with Crippen LogP contribution in [0.15, 0.2) is 52.9 Å². The first-order chi connectivity index (χ1) is 9.78. The van der Waals surface area contributed by atoms with Gasteiger partial charge >= 0.3 is 5.97 Å². The second-order valence-corrected chi connectivity index (χ2v) is 4.15. The van der Waals surface area contributed by atoms with Gasteiger partial charge in [0.25, 0.3) is 6.01 Å². The van der Waals surface area contributed by atoms with E-state index in [1.165, 1.54) is 7.11 Å². The van der Waals surface area contributed by atoms with Crippen LogP contribution in [0.2, 0.25) is 0 Å². The molecule has 0 radical (unpaired) electrons. The first kappa shape index (κ1) is 12.2. The quantitative estimate of drug-likeness (QED) is 0.738. The van der Waals surface area contributed by atoms with Crippen molar-refractivity contribution in [1.82, 2.24) is 4.98 Å². The van der Waals surface area contributed by atoms with E-state index >= 15 is 0 Å². The number of nitrogens with one attached hydrogen (secondary N) is 1. The highest BCUT2D eigenvalue weighted by molar-refractivity contribution is 6.01. The summed E-state index contributed by atoms with van der Waals surface area (Å²) in [6.45, 7) is 0. The van der Waals surface area contributed by atoms with Crippen molar-refractivity contribution in [3.8, 4) is 0 Å². The van der Waals surface area contributed by atoms with Crippen LogP contribution in [0.1, 0.15) is 10.4 Å². The van der Waals surface area contributed by atoms with Crippen LogP contribution < -0.4 is 5.32 Å². The van der Waals surface area contributed by atoms with E-state index in [1.807, 2.05) is 30.3 Å². The van der Waals surface area contributed by atoms with Crippen molar-refractivity contribution in [2.45, 2.75) is 0 Å². The Bertz CT molecular complexity index is 750. The lowest BCUT2D eigenvalue weighted by Gasteiger charge is -1.99. The fourth-order valence-corrected chi connectivity index (χ4v) is 1.92. The Morgan fingerprint density at radius 2 is 1.95 bits per heavy atom. The average molecular weight is 268 g/mol. The predicted molar refractivity (Wildman–Crippen MR) is 75.1 cm³/mol. The summed E-state index contributed by atoms with van der Waals surface area (Å²) in [5.74, 6) is -0.435. The SMILES string of the molecule is COC(=O)c1cccc2oc(Nc3ccccc3)nc12. The summed E-state index contributed by atoms with van der Waals surface area (Å²) < 4.78 is 10.3. The average Bonchev–Trinajstić information content (AvgIpc) is 2.89. The zero-order valence-electron chi connectivity index (χ0n) is 10.8. The second-order valence-electron chi connectivity index (χ2n) is 4.15. The zero-order chi connectivity index (χ0) is 13.9. The van der Waals surface area contributed by atoms with E-state index in [0.29, 0.717) is 22.7 Å². The number of aromatic nitrogens is 1. The van der Waals surface area contributed by atoms with Crippen LogP contribution in [0.5, 0.6) is 0 Å². The van der Waals surface area contributed by atoms with E-state index in [4.69, 9.17) is 9.15 Å². The molecule has 0 amide bonds. The van der Waals surface area contributed by atoms with Crippen molar-refractivity contribution in [2.24, 2.45) is 0 Å². The number of ether oxygens (including phenoxy) is 1. The van der Waals surface area contributed by atoms with Crippen molar-refractivity contribution < 1.29 is 13.9 Å². The zero-order valence-corrected chi connectivity index (χ0v) is 10.8. The lowest BCUT2D eigenvalue weighted by molar-refractivity contribution is 0.0603. The molecule has 5 nitrogen and oxygen atoms in total. The maximum atomic E-state index is 11.7. The van der Waals surface area contributed by atoms with E-state index < -0.39 is 5.97 Å². The fraction of sp³-hybridized carbons (Fsp3) is 0.0667. The van der Waals surface area contributed by atoms with Gasteiger partial charge in [-0.1, -0.05) is 24.3 Å². The molecule has 3 rings (SSSR count). The number of hydrogen-bond acceptors (Lipinski definition) is 5. The largest absolute Gasteiger partial charge is 0.465 e. The molecule has 0 aliphatic rings. The van der Waals surface area contributed by atoms with Crippen molar-refractivity contribution in [1.29, 1.82) is 0 Å². The van der Waals surface area contributed by atoms with Gasteiger partial charge in [0.1, 0.15) is 5.52 Å². The molecule has 20 heavy (non-hydrogen) atoms. The van der Waals surface area contributed by atoms with Crippen LogP contribution in [0.4, 0.5) is 11.7 Å². The summed E-state index contributed by atoms with van der Waals surface area (Å²) in [6.07, 6.45) is 0. The van der Waals surface area contributed by atoms with E-state index in [9.17, 15) is 4.79 Å². The van der Waals surface area contributed by atoms with Gasteiger partial charge in [-0.2, -0.15) is 4.98 Å². The molecule has 0 saturated heterocycles. The number of rotatable bonds is 3. The van der Waals surface area contributed by atoms with E-state index in [1.54, 1.807) is 18.2 Å². The Morgan fingerprint density at radius 1 is 1.15 bits per heavy atom. The van der Waals surface area contributed by atoms with Crippen molar-refractivity contribution in [3.05, 3.63) is 54.1 Å². The van der Waals surface area contributed by atoms with Gasteiger partial charge in [-0.25, -0.2) is 4.79 Å². The van der Waals surface area contributed by atoms with Crippen LogP contribution in [-0.2, 0) is 4.74 Å². The number of anilines is 2. The summed E-state index contributed by atoms with van der Waals surface area (Å²) in [6, 6.07) is 15.0. The summed E-state index contributed by atoms with van der Waals surface area (Å²) in [5.41, 5.74) is 2.26. The third-order valence-electron chi connectivity index (χ3n) is 2.85. The van der Waals surface area contributed by atoms with Crippen molar-refractivity contribution in [3.63, 3.8) is 0 Å². The summed E-state index contributed by atoms with van der Waals surface area (Å²) in [4.78, 5) is 16.0. The van der Waals surface area contributed by atoms with E-state index in [2.05, 4.69) is 10.3 Å². The molecule has 0 saturated carbocycles. The number of fused-ring (bicyclic) bond motifs is 1. The molecular formula is C15H12N2O3. The molecule has 0 bridgehead atoms. The number of esters is 1. The van der Waals surface area contributed by atoms with Crippen LogP contribution >= 0.6 is 0 Å². The minimum atomic E-state index is -0.435. The van der Waals surface area contributed by atoms with Gasteiger partial charge in [0.2, 0.25) is 0 Å². The Hall–Kier alpha value is -2.82. The molecule has 0 unspecified atom stereocenters. The molecule has 3 aromatic rings. The highest BCUT2D eigenvalue weighted by Gasteiger charge is 2.15. The summed E-state index contributed by atoms with van der Waals surface area (Å²) in [5, 5.41) is 3.05. The predicted octanol–water partition coefficient (Wildman–Crippen LogP) is 3.36. The summed E-state index contributed by atoms with van der Waals surface area (Å²) in [7, 11) is 1.34. The molecule has 1 heterocycles. The molecular weight excluding hydrogens is 256 g/mol. The molecule has 2 aromatic carbocycles. The number of nitrogens with zero attached hydrogens (tertiary/aromatic N) is 1. The van der Waals surface area contributed by atoms with Crippen LogP contribution in [0, 0.1) is 0 Å². The Balaban J connectivity index is 2.00. The molecule has 0 aliphatic heterocycles. The first-order valence-electron chi connectivity index (χ1n) is 6.08. The molecule has 1 N–H and O–H groups in total. The van der Waals surface area contributed by atoms with Crippen molar-refractivity contribution in [2.75, 3.05) is 12.4 Å². The number of carbonyl (C=O) groups excluding carboxylic acids is 1. The third kappa shape index (κ3) is 2.21. The fourth-order valence-electron chi connectivity index (χ4n) is 1.92.